The van der Waals surface area contributed by atoms with E-state index in [1.54, 1.807) is 26.4 Å². The van der Waals surface area contributed by atoms with Gasteiger partial charge in [-0.15, -0.1) is 0 Å². The second-order valence-electron chi connectivity index (χ2n) is 5.36. The number of hydrogen-bond acceptors (Lipinski definition) is 4. The van der Waals surface area contributed by atoms with Crippen LogP contribution in [0.5, 0.6) is 11.5 Å². The zero-order valence-corrected chi connectivity index (χ0v) is 13.5. The van der Waals surface area contributed by atoms with Crippen molar-refractivity contribution in [1.29, 1.82) is 0 Å². The molecule has 5 heteroatoms. The Balaban J connectivity index is 1.98. The van der Waals surface area contributed by atoms with Crippen LogP contribution in [0.2, 0.25) is 0 Å². The van der Waals surface area contributed by atoms with Gasteiger partial charge in [0.15, 0.2) is 11.5 Å². The van der Waals surface area contributed by atoms with Crippen LogP contribution in [0.3, 0.4) is 0 Å². The van der Waals surface area contributed by atoms with Gasteiger partial charge in [0.1, 0.15) is 5.82 Å². The third kappa shape index (κ3) is 4.43. The Morgan fingerprint density at radius 3 is 2.30 bits per heavy atom. The Labute approximate surface area is 135 Å². The van der Waals surface area contributed by atoms with Gasteiger partial charge in [-0.2, -0.15) is 0 Å². The molecule has 2 aromatic rings. The van der Waals surface area contributed by atoms with E-state index in [4.69, 9.17) is 9.47 Å². The second-order valence-corrected chi connectivity index (χ2v) is 5.36. The van der Waals surface area contributed by atoms with Crippen LogP contribution >= 0.6 is 0 Å². The molecule has 0 amide bonds. The molecule has 0 radical (unpaired) electrons. The predicted molar refractivity (Wildman–Crippen MR) is 87.2 cm³/mol. The summed E-state index contributed by atoms with van der Waals surface area (Å²) in [4.78, 5) is 0. The highest BCUT2D eigenvalue weighted by Crippen LogP contribution is 2.27. The molecule has 0 spiro atoms. The fourth-order valence-electron chi connectivity index (χ4n) is 2.33. The summed E-state index contributed by atoms with van der Waals surface area (Å²) < 4.78 is 23.4. The zero-order valence-electron chi connectivity index (χ0n) is 13.5. The molecule has 23 heavy (non-hydrogen) atoms. The molecule has 0 bridgehead atoms. The lowest BCUT2D eigenvalue weighted by molar-refractivity contribution is 0.135. The number of aliphatic hydroxyl groups excluding tert-OH is 1. The van der Waals surface area contributed by atoms with Crippen molar-refractivity contribution in [2.45, 2.75) is 25.6 Å². The van der Waals surface area contributed by atoms with Crippen LogP contribution in [0, 0.1) is 5.82 Å². The highest BCUT2D eigenvalue weighted by Gasteiger charge is 2.16. The quantitative estimate of drug-likeness (QED) is 0.823. The molecule has 2 unspecified atom stereocenters. The van der Waals surface area contributed by atoms with Gasteiger partial charge in [-0.25, -0.2) is 4.39 Å². The van der Waals surface area contributed by atoms with Crippen molar-refractivity contribution in [3.05, 3.63) is 59.4 Å². The van der Waals surface area contributed by atoms with Crippen LogP contribution < -0.4 is 14.8 Å². The van der Waals surface area contributed by atoms with Crippen molar-refractivity contribution >= 4 is 0 Å². The summed E-state index contributed by atoms with van der Waals surface area (Å²) >= 11 is 0. The molecular weight excluding hydrogens is 297 g/mol. The number of rotatable bonds is 7. The summed E-state index contributed by atoms with van der Waals surface area (Å²) in [6.07, 6.45) is -0.712. The van der Waals surface area contributed by atoms with Crippen molar-refractivity contribution in [3.8, 4) is 11.5 Å². The molecule has 0 aliphatic carbocycles. The molecule has 2 rings (SSSR count). The van der Waals surface area contributed by atoms with E-state index in [0.717, 1.165) is 5.56 Å². The van der Waals surface area contributed by atoms with Crippen LogP contribution in [0.25, 0.3) is 0 Å². The second kappa shape index (κ2) is 7.94. The highest BCUT2D eigenvalue weighted by atomic mass is 19.1. The van der Waals surface area contributed by atoms with Gasteiger partial charge < -0.3 is 19.9 Å². The van der Waals surface area contributed by atoms with Crippen molar-refractivity contribution in [2.24, 2.45) is 0 Å². The first-order valence-electron chi connectivity index (χ1n) is 7.43. The average molecular weight is 319 g/mol. The standard InChI is InChI=1S/C18H22FNO3/c1-12(18(21)14-5-7-15(19)8-6-14)20-11-13-4-9-16(22-2)17(10-13)23-3/h4-10,12,18,20-21H,11H2,1-3H3. The number of aliphatic hydroxyl groups is 1. The van der Waals surface area contributed by atoms with E-state index >= 15 is 0 Å². The van der Waals surface area contributed by atoms with Gasteiger partial charge in [-0.1, -0.05) is 18.2 Å². The Morgan fingerprint density at radius 2 is 1.70 bits per heavy atom. The van der Waals surface area contributed by atoms with Crippen LogP contribution in [0.1, 0.15) is 24.2 Å². The topological polar surface area (TPSA) is 50.7 Å². The molecule has 0 saturated carbocycles. The predicted octanol–water partition coefficient (Wildman–Crippen LogP) is 3.05. The van der Waals surface area contributed by atoms with Crippen molar-refractivity contribution in [2.75, 3.05) is 14.2 Å². The van der Waals surface area contributed by atoms with Crippen LogP contribution in [0.15, 0.2) is 42.5 Å². The van der Waals surface area contributed by atoms with Gasteiger partial charge in [0.2, 0.25) is 0 Å². The van der Waals surface area contributed by atoms with Gasteiger partial charge in [-0.3, -0.25) is 0 Å². The number of halogens is 1. The molecule has 124 valence electrons. The first kappa shape index (κ1) is 17.2. The van der Waals surface area contributed by atoms with Gasteiger partial charge in [0, 0.05) is 12.6 Å². The number of hydrogen-bond donors (Lipinski definition) is 2. The molecule has 2 atom stereocenters. The maximum absolute atomic E-state index is 12.9. The lowest BCUT2D eigenvalue weighted by atomic mass is 10.0. The summed E-state index contributed by atoms with van der Waals surface area (Å²) in [6.45, 7) is 2.45. The van der Waals surface area contributed by atoms with Crippen molar-refractivity contribution in [1.82, 2.24) is 5.32 Å². The maximum atomic E-state index is 12.9. The molecule has 0 fully saturated rings. The van der Waals surface area contributed by atoms with E-state index < -0.39 is 6.10 Å². The van der Waals surface area contributed by atoms with E-state index in [0.29, 0.717) is 23.6 Å². The molecule has 0 heterocycles. The molecule has 0 aromatic heterocycles. The van der Waals surface area contributed by atoms with E-state index in [2.05, 4.69) is 5.32 Å². The van der Waals surface area contributed by atoms with E-state index in [9.17, 15) is 9.50 Å². The average Bonchev–Trinajstić information content (AvgIpc) is 2.59. The molecular formula is C18H22FNO3. The fraction of sp³-hybridized carbons (Fsp3) is 0.333. The maximum Gasteiger partial charge on any atom is 0.161 e. The molecule has 0 saturated heterocycles. The van der Waals surface area contributed by atoms with E-state index in [1.807, 2.05) is 25.1 Å². The molecule has 4 nitrogen and oxygen atoms in total. The van der Waals surface area contributed by atoms with Crippen molar-refractivity contribution in [3.63, 3.8) is 0 Å². The summed E-state index contributed by atoms with van der Waals surface area (Å²) in [7, 11) is 3.19. The number of benzene rings is 2. The van der Waals surface area contributed by atoms with Gasteiger partial charge in [0.25, 0.3) is 0 Å². The summed E-state index contributed by atoms with van der Waals surface area (Å²) in [6, 6.07) is 11.4. The zero-order chi connectivity index (χ0) is 16.8. The fourth-order valence-corrected chi connectivity index (χ4v) is 2.33. The number of methoxy groups -OCH3 is 2. The number of ether oxygens (including phenoxy) is 2. The summed E-state index contributed by atoms with van der Waals surface area (Å²) in [5.41, 5.74) is 1.69. The van der Waals surface area contributed by atoms with Crippen LogP contribution in [-0.4, -0.2) is 25.4 Å². The molecule has 2 N–H and O–H groups in total. The van der Waals surface area contributed by atoms with Crippen molar-refractivity contribution < 1.29 is 19.0 Å². The van der Waals surface area contributed by atoms with Crippen LogP contribution in [0.4, 0.5) is 4.39 Å². The lowest BCUT2D eigenvalue weighted by Gasteiger charge is -2.21. The third-order valence-electron chi connectivity index (χ3n) is 3.76. The monoisotopic (exact) mass is 319 g/mol. The normalized spacial score (nSPS) is 13.4. The van der Waals surface area contributed by atoms with E-state index in [1.165, 1.54) is 12.1 Å². The third-order valence-corrected chi connectivity index (χ3v) is 3.76. The Bertz CT molecular complexity index is 631. The van der Waals surface area contributed by atoms with Gasteiger partial charge >= 0.3 is 0 Å². The first-order valence-corrected chi connectivity index (χ1v) is 7.43. The first-order chi connectivity index (χ1) is 11.0. The highest BCUT2D eigenvalue weighted by molar-refractivity contribution is 5.42. The van der Waals surface area contributed by atoms with E-state index in [-0.39, 0.29) is 11.9 Å². The lowest BCUT2D eigenvalue weighted by Crippen LogP contribution is -2.31. The number of nitrogens with one attached hydrogen (secondary N) is 1. The Kier molecular flexibility index (Phi) is 5.96. The minimum Gasteiger partial charge on any atom is -0.493 e. The Hall–Kier alpha value is -2.11. The smallest absolute Gasteiger partial charge is 0.161 e. The molecule has 2 aromatic carbocycles. The van der Waals surface area contributed by atoms with Crippen LogP contribution in [-0.2, 0) is 6.54 Å². The minimum atomic E-state index is -0.712. The summed E-state index contributed by atoms with van der Waals surface area (Å²) in [5.74, 6) is 1.03. The molecule has 0 aliphatic rings. The van der Waals surface area contributed by atoms with Gasteiger partial charge in [-0.05, 0) is 42.3 Å². The largest absolute Gasteiger partial charge is 0.493 e. The minimum absolute atomic E-state index is 0.187. The SMILES string of the molecule is COc1ccc(CNC(C)C(O)c2ccc(F)cc2)cc1OC. The molecule has 0 aliphatic heterocycles. The van der Waals surface area contributed by atoms with Gasteiger partial charge in [0.05, 0.1) is 20.3 Å². The summed E-state index contributed by atoms with van der Waals surface area (Å²) in [5, 5.41) is 13.6. The Morgan fingerprint density at radius 1 is 1.04 bits per heavy atom.